The van der Waals surface area contributed by atoms with E-state index >= 15 is 0 Å². The van der Waals surface area contributed by atoms with Gasteiger partial charge in [-0.15, -0.1) is 0 Å². The van der Waals surface area contributed by atoms with E-state index in [1.54, 1.807) is 0 Å². The minimum Gasteiger partial charge on any atom is -0.385 e. The summed E-state index contributed by atoms with van der Waals surface area (Å²) in [5.41, 5.74) is 2.02. The molecule has 0 saturated carbocycles. The van der Waals surface area contributed by atoms with Crippen LogP contribution in [0.4, 0.5) is 0 Å². The van der Waals surface area contributed by atoms with E-state index < -0.39 is 24.6 Å². The molecule has 1 fully saturated rings. The van der Waals surface area contributed by atoms with E-state index in [2.05, 4.69) is 0 Å². The number of benzene rings is 2. The van der Waals surface area contributed by atoms with Crippen molar-refractivity contribution in [3.05, 3.63) is 71.8 Å². The summed E-state index contributed by atoms with van der Waals surface area (Å²) in [5, 5.41) is 19.9. The molecule has 5 heteroatoms. The van der Waals surface area contributed by atoms with Crippen LogP contribution >= 0.6 is 0 Å². The van der Waals surface area contributed by atoms with Crippen LogP contribution in [0.25, 0.3) is 0 Å². The molecule has 0 aromatic heterocycles. The first-order valence-electron chi connectivity index (χ1n) is 8.03. The van der Waals surface area contributed by atoms with E-state index in [4.69, 9.17) is 14.2 Å². The minimum absolute atomic E-state index is 0.171. The van der Waals surface area contributed by atoms with E-state index in [0.717, 1.165) is 11.1 Å². The number of rotatable bonds is 6. The van der Waals surface area contributed by atoms with Gasteiger partial charge in [-0.3, -0.25) is 0 Å². The van der Waals surface area contributed by atoms with Crippen LogP contribution in [0.1, 0.15) is 11.1 Å². The Morgan fingerprint density at radius 2 is 1.38 bits per heavy atom. The lowest BCUT2D eigenvalue weighted by Crippen LogP contribution is -2.54. The third-order valence-electron chi connectivity index (χ3n) is 4.02. The molecule has 2 N–H and O–H groups in total. The van der Waals surface area contributed by atoms with Crippen molar-refractivity contribution in [2.45, 2.75) is 37.8 Å². The molecule has 1 saturated heterocycles. The van der Waals surface area contributed by atoms with Crippen LogP contribution in [0.15, 0.2) is 60.7 Å². The zero-order valence-corrected chi connectivity index (χ0v) is 13.3. The van der Waals surface area contributed by atoms with Crippen molar-refractivity contribution in [3.63, 3.8) is 0 Å². The first-order chi connectivity index (χ1) is 11.7. The molecule has 24 heavy (non-hydrogen) atoms. The predicted molar refractivity (Wildman–Crippen MR) is 88.0 cm³/mol. The predicted octanol–water partition coefficient (Wildman–Crippen LogP) is 1.87. The molecule has 5 nitrogen and oxygen atoms in total. The molecule has 2 aromatic carbocycles. The monoisotopic (exact) mass is 330 g/mol. The van der Waals surface area contributed by atoms with Gasteiger partial charge in [-0.1, -0.05) is 60.7 Å². The third-order valence-corrected chi connectivity index (χ3v) is 4.02. The highest BCUT2D eigenvalue weighted by Gasteiger charge is 2.40. The van der Waals surface area contributed by atoms with E-state index in [1.165, 1.54) is 0 Å². The molecule has 0 bridgehead atoms. The fourth-order valence-electron chi connectivity index (χ4n) is 2.66. The van der Waals surface area contributed by atoms with Crippen LogP contribution in [0.5, 0.6) is 0 Å². The van der Waals surface area contributed by atoms with E-state index in [9.17, 15) is 10.2 Å². The van der Waals surface area contributed by atoms with Gasteiger partial charge in [0.15, 0.2) is 6.29 Å². The number of aliphatic hydroxyl groups excluding tert-OH is 2. The van der Waals surface area contributed by atoms with Gasteiger partial charge in [0.25, 0.3) is 0 Å². The summed E-state index contributed by atoms with van der Waals surface area (Å²) in [6, 6.07) is 19.4. The molecule has 0 aliphatic carbocycles. The van der Waals surface area contributed by atoms with Crippen molar-refractivity contribution >= 4 is 0 Å². The van der Waals surface area contributed by atoms with Gasteiger partial charge in [0.1, 0.15) is 18.3 Å². The third kappa shape index (κ3) is 4.41. The molecule has 1 heterocycles. The maximum atomic E-state index is 10.2. The largest absolute Gasteiger partial charge is 0.385 e. The van der Waals surface area contributed by atoms with Gasteiger partial charge in [-0.05, 0) is 11.1 Å². The van der Waals surface area contributed by atoms with Crippen molar-refractivity contribution in [3.8, 4) is 0 Å². The molecule has 0 unspecified atom stereocenters. The molecule has 0 spiro atoms. The van der Waals surface area contributed by atoms with Gasteiger partial charge in [-0.2, -0.15) is 0 Å². The fourth-order valence-corrected chi connectivity index (χ4v) is 2.66. The van der Waals surface area contributed by atoms with Crippen LogP contribution in [0, 0.1) is 0 Å². The Hall–Kier alpha value is -1.76. The molecule has 4 atom stereocenters. The molecule has 3 rings (SSSR count). The summed E-state index contributed by atoms with van der Waals surface area (Å²) in [7, 11) is 0. The average molecular weight is 330 g/mol. The Bertz CT molecular complexity index is 604. The van der Waals surface area contributed by atoms with E-state index in [0.29, 0.717) is 13.2 Å². The number of ether oxygens (including phenoxy) is 3. The normalized spacial score (nSPS) is 27.1. The summed E-state index contributed by atoms with van der Waals surface area (Å²) in [4.78, 5) is 0. The average Bonchev–Trinajstić information content (AvgIpc) is 2.63. The van der Waals surface area contributed by atoms with E-state index in [-0.39, 0.29) is 6.61 Å². The van der Waals surface area contributed by atoms with Crippen molar-refractivity contribution in [2.24, 2.45) is 0 Å². The lowest BCUT2D eigenvalue weighted by Gasteiger charge is -2.37. The van der Waals surface area contributed by atoms with Crippen LogP contribution in [-0.4, -0.2) is 41.4 Å². The highest BCUT2D eigenvalue weighted by atomic mass is 16.6. The molecule has 0 amide bonds. The van der Waals surface area contributed by atoms with Gasteiger partial charge >= 0.3 is 0 Å². The molecule has 1 aliphatic heterocycles. The number of hydrogen-bond donors (Lipinski definition) is 2. The van der Waals surface area contributed by atoms with Crippen molar-refractivity contribution in [1.29, 1.82) is 0 Å². The van der Waals surface area contributed by atoms with Crippen molar-refractivity contribution < 1.29 is 24.4 Å². The zero-order chi connectivity index (χ0) is 16.8. The summed E-state index contributed by atoms with van der Waals surface area (Å²) in [6.45, 7) is 0.897. The maximum absolute atomic E-state index is 10.2. The molecular weight excluding hydrogens is 308 g/mol. The quantitative estimate of drug-likeness (QED) is 0.846. The zero-order valence-electron chi connectivity index (χ0n) is 13.3. The Morgan fingerprint density at radius 1 is 0.833 bits per heavy atom. The van der Waals surface area contributed by atoms with Crippen LogP contribution in [-0.2, 0) is 27.4 Å². The highest BCUT2D eigenvalue weighted by Crippen LogP contribution is 2.22. The lowest BCUT2D eigenvalue weighted by atomic mass is 10.0. The summed E-state index contributed by atoms with van der Waals surface area (Å²) in [5.74, 6) is 0. The SMILES string of the molecule is O[C@@H]1[C@@H](OCc2ccccc2)[C@H](OCc2ccccc2)CO[C@@H]1O. The van der Waals surface area contributed by atoms with Crippen molar-refractivity contribution in [1.82, 2.24) is 0 Å². The maximum Gasteiger partial charge on any atom is 0.183 e. The molecule has 1 aliphatic rings. The van der Waals surface area contributed by atoms with Gasteiger partial charge in [0.05, 0.1) is 19.8 Å². The number of aliphatic hydroxyl groups is 2. The van der Waals surface area contributed by atoms with Crippen molar-refractivity contribution in [2.75, 3.05) is 6.61 Å². The Balaban J connectivity index is 1.61. The standard InChI is InChI=1S/C19H22O5/c20-17-18(23-12-15-9-5-2-6-10-15)16(13-24-19(17)21)22-11-14-7-3-1-4-8-14/h1-10,16-21H,11-13H2/t16-,17-,18+,19+/m1/s1. The van der Waals surface area contributed by atoms with Crippen LogP contribution in [0.2, 0.25) is 0 Å². The topological polar surface area (TPSA) is 68.2 Å². The van der Waals surface area contributed by atoms with Gasteiger partial charge in [-0.25, -0.2) is 0 Å². The van der Waals surface area contributed by atoms with Crippen LogP contribution < -0.4 is 0 Å². The smallest absolute Gasteiger partial charge is 0.183 e. The fraction of sp³-hybridized carbons (Fsp3) is 0.368. The second-order valence-electron chi connectivity index (χ2n) is 5.81. The summed E-state index contributed by atoms with van der Waals surface area (Å²) in [6.07, 6.45) is -3.52. The van der Waals surface area contributed by atoms with Gasteiger partial charge < -0.3 is 24.4 Å². The minimum atomic E-state index is -1.26. The molecular formula is C19H22O5. The lowest BCUT2D eigenvalue weighted by molar-refractivity contribution is -0.273. The Morgan fingerprint density at radius 3 is 1.96 bits per heavy atom. The molecule has 2 aromatic rings. The first-order valence-corrected chi connectivity index (χ1v) is 8.03. The second kappa shape index (κ2) is 8.37. The first kappa shape index (κ1) is 17.1. The summed E-state index contributed by atoms with van der Waals surface area (Å²) < 4.78 is 16.9. The van der Waals surface area contributed by atoms with Gasteiger partial charge in [0.2, 0.25) is 0 Å². The molecule has 128 valence electrons. The van der Waals surface area contributed by atoms with Gasteiger partial charge in [0, 0.05) is 0 Å². The van der Waals surface area contributed by atoms with E-state index in [1.807, 2.05) is 60.7 Å². The number of hydrogen-bond acceptors (Lipinski definition) is 5. The summed E-state index contributed by atoms with van der Waals surface area (Å²) >= 11 is 0. The van der Waals surface area contributed by atoms with Crippen LogP contribution in [0.3, 0.4) is 0 Å². The molecule has 0 radical (unpaired) electrons. The Kier molecular flexibility index (Phi) is 5.96. The second-order valence-corrected chi connectivity index (χ2v) is 5.81. The Labute approximate surface area is 141 Å². The highest BCUT2D eigenvalue weighted by molar-refractivity contribution is 5.14.